The highest BCUT2D eigenvalue weighted by atomic mass is 79.9. The van der Waals surface area contributed by atoms with Gasteiger partial charge in [0.2, 0.25) is 0 Å². The Morgan fingerprint density at radius 1 is 1.10 bits per heavy atom. The summed E-state index contributed by atoms with van der Waals surface area (Å²) in [4.78, 5) is 0. The van der Waals surface area contributed by atoms with E-state index in [9.17, 15) is 13.2 Å². The summed E-state index contributed by atoms with van der Waals surface area (Å²) in [5, 5.41) is 3.03. The Balaban J connectivity index is 1.94. The first-order valence-corrected chi connectivity index (χ1v) is 7.04. The minimum absolute atomic E-state index is 0.169. The maximum atomic E-state index is 13.8. The molecule has 0 saturated heterocycles. The van der Waals surface area contributed by atoms with Gasteiger partial charge < -0.3 is 5.32 Å². The second-order valence-corrected chi connectivity index (χ2v) is 5.64. The van der Waals surface area contributed by atoms with E-state index in [1.165, 1.54) is 12.1 Å². The number of hydrogen-bond donors (Lipinski definition) is 1. The van der Waals surface area contributed by atoms with Crippen LogP contribution in [0.3, 0.4) is 0 Å². The third-order valence-electron chi connectivity index (χ3n) is 3.54. The Kier molecular flexibility index (Phi) is 3.46. The van der Waals surface area contributed by atoms with Crippen molar-refractivity contribution in [3.05, 3.63) is 63.4 Å². The lowest BCUT2D eigenvalue weighted by molar-refractivity contribution is 0.581. The summed E-state index contributed by atoms with van der Waals surface area (Å²) >= 11 is 3.14. The second kappa shape index (κ2) is 5.13. The Hall–Kier alpha value is -1.49. The van der Waals surface area contributed by atoms with Crippen LogP contribution in [0.2, 0.25) is 0 Å². The average molecular weight is 342 g/mol. The van der Waals surface area contributed by atoms with Crippen molar-refractivity contribution in [2.24, 2.45) is 0 Å². The lowest BCUT2D eigenvalue weighted by atomic mass is 10.1. The van der Waals surface area contributed by atoms with Gasteiger partial charge in [-0.15, -0.1) is 0 Å². The minimum atomic E-state index is -0.665. The fourth-order valence-corrected chi connectivity index (χ4v) is 3.14. The molecule has 2 aromatic rings. The molecule has 0 aromatic heterocycles. The highest BCUT2D eigenvalue weighted by Gasteiger charge is 2.26. The van der Waals surface area contributed by atoms with Gasteiger partial charge in [-0.3, -0.25) is 0 Å². The third-order valence-corrected chi connectivity index (χ3v) is 4.16. The largest absolute Gasteiger partial charge is 0.375 e. The molecule has 0 spiro atoms. The van der Waals surface area contributed by atoms with Crippen LogP contribution in [-0.4, -0.2) is 0 Å². The molecule has 1 atom stereocenters. The molecule has 1 nitrogen and oxygen atoms in total. The number of rotatable bonds is 2. The van der Waals surface area contributed by atoms with Crippen molar-refractivity contribution in [1.29, 1.82) is 0 Å². The monoisotopic (exact) mass is 341 g/mol. The molecule has 0 saturated carbocycles. The molecule has 0 bridgehead atoms. The highest BCUT2D eigenvalue weighted by Crippen LogP contribution is 2.37. The van der Waals surface area contributed by atoms with Crippen LogP contribution in [0.5, 0.6) is 0 Å². The molecule has 1 N–H and O–H groups in total. The van der Waals surface area contributed by atoms with Crippen molar-refractivity contribution in [2.75, 3.05) is 5.32 Å². The number of hydrogen-bond acceptors (Lipinski definition) is 1. The number of nitrogens with one attached hydrogen (secondary N) is 1. The number of halogens is 4. The molecule has 0 amide bonds. The van der Waals surface area contributed by atoms with Gasteiger partial charge in [0.15, 0.2) is 0 Å². The van der Waals surface area contributed by atoms with Gasteiger partial charge in [0, 0.05) is 10.5 Å². The quantitative estimate of drug-likeness (QED) is 0.813. The summed E-state index contributed by atoms with van der Waals surface area (Å²) in [6.07, 6.45) is 1.29. The Labute approximate surface area is 122 Å². The lowest BCUT2D eigenvalue weighted by Gasteiger charge is -2.17. The van der Waals surface area contributed by atoms with Gasteiger partial charge in [-0.2, -0.15) is 0 Å². The standard InChI is InChI=1S/C15H11BrF3N/c16-11-6-8(17)7-13(19)15(11)20-14-5-4-9-10(14)2-1-3-12(9)18/h1-3,6-7,14,20H,4-5H2. The fourth-order valence-electron chi connectivity index (χ4n) is 2.61. The van der Waals surface area contributed by atoms with E-state index >= 15 is 0 Å². The van der Waals surface area contributed by atoms with Crippen molar-refractivity contribution in [2.45, 2.75) is 18.9 Å². The first-order chi connectivity index (χ1) is 9.56. The van der Waals surface area contributed by atoms with Gasteiger partial charge in [0.25, 0.3) is 0 Å². The second-order valence-electron chi connectivity index (χ2n) is 4.79. The van der Waals surface area contributed by atoms with Gasteiger partial charge in [-0.05, 0) is 52.0 Å². The van der Waals surface area contributed by atoms with Crippen LogP contribution in [0, 0.1) is 17.5 Å². The van der Waals surface area contributed by atoms with Gasteiger partial charge in [0.05, 0.1) is 11.7 Å². The zero-order chi connectivity index (χ0) is 14.3. The molecule has 3 rings (SSSR count). The zero-order valence-electron chi connectivity index (χ0n) is 10.4. The molecule has 104 valence electrons. The van der Waals surface area contributed by atoms with Gasteiger partial charge in [-0.25, -0.2) is 13.2 Å². The summed E-state index contributed by atoms with van der Waals surface area (Å²) in [5.74, 6) is -1.54. The highest BCUT2D eigenvalue weighted by molar-refractivity contribution is 9.10. The maximum absolute atomic E-state index is 13.8. The fraction of sp³-hybridized carbons (Fsp3) is 0.200. The summed E-state index contributed by atoms with van der Waals surface area (Å²) in [5.41, 5.74) is 1.71. The smallest absolute Gasteiger partial charge is 0.150 e. The van der Waals surface area contributed by atoms with Crippen LogP contribution < -0.4 is 5.32 Å². The average Bonchev–Trinajstić information content (AvgIpc) is 2.78. The van der Waals surface area contributed by atoms with Crippen LogP contribution >= 0.6 is 15.9 Å². The molecule has 1 aliphatic carbocycles. The van der Waals surface area contributed by atoms with E-state index < -0.39 is 11.6 Å². The molecule has 0 aliphatic heterocycles. The SMILES string of the molecule is Fc1cc(F)c(NC2CCc3c(F)cccc32)c(Br)c1. The molecule has 1 aliphatic rings. The van der Waals surface area contributed by atoms with E-state index in [-0.39, 0.29) is 17.5 Å². The van der Waals surface area contributed by atoms with Crippen LogP contribution in [0.4, 0.5) is 18.9 Å². The predicted molar refractivity (Wildman–Crippen MR) is 75.1 cm³/mol. The van der Waals surface area contributed by atoms with E-state index in [4.69, 9.17) is 0 Å². The van der Waals surface area contributed by atoms with Crippen molar-refractivity contribution >= 4 is 21.6 Å². The van der Waals surface area contributed by atoms with Crippen molar-refractivity contribution in [3.63, 3.8) is 0 Å². The first-order valence-electron chi connectivity index (χ1n) is 6.24. The number of fused-ring (bicyclic) bond motifs is 1. The molecule has 20 heavy (non-hydrogen) atoms. The minimum Gasteiger partial charge on any atom is -0.375 e. The van der Waals surface area contributed by atoms with Crippen molar-refractivity contribution < 1.29 is 13.2 Å². The molecule has 2 aromatic carbocycles. The van der Waals surface area contributed by atoms with E-state index in [1.54, 1.807) is 6.07 Å². The molecule has 0 heterocycles. The van der Waals surface area contributed by atoms with E-state index in [1.807, 2.05) is 6.07 Å². The van der Waals surface area contributed by atoms with Crippen LogP contribution in [-0.2, 0) is 6.42 Å². The molecular formula is C15H11BrF3N. The van der Waals surface area contributed by atoms with Gasteiger partial charge in [0.1, 0.15) is 17.5 Å². The van der Waals surface area contributed by atoms with Crippen molar-refractivity contribution in [1.82, 2.24) is 0 Å². The molecule has 0 fully saturated rings. The Bertz CT molecular complexity index is 649. The molecule has 5 heteroatoms. The van der Waals surface area contributed by atoms with Crippen LogP contribution in [0.25, 0.3) is 0 Å². The van der Waals surface area contributed by atoms with E-state index in [0.717, 1.165) is 11.6 Å². The predicted octanol–water partition coefficient (Wildman–Crippen LogP) is 4.97. The third kappa shape index (κ3) is 2.30. The van der Waals surface area contributed by atoms with E-state index in [2.05, 4.69) is 21.2 Å². The summed E-state index contributed by atoms with van der Waals surface area (Å²) in [6.45, 7) is 0. The zero-order valence-corrected chi connectivity index (χ0v) is 12.0. The molecule has 1 unspecified atom stereocenters. The number of benzene rings is 2. The summed E-state index contributed by atoms with van der Waals surface area (Å²) < 4.78 is 40.9. The van der Waals surface area contributed by atoms with Gasteiger partial charge in [-0.1, -0.05) is 12.1 Å². The first kappa shape index (κ1) is 13.5. The molecule has 0 radical (unpaired) electrons. The lowest BCUT2D eigenvalue weighted by Crippen LogP contribution is -2.09. The van der Waals surface area contributed by atoms with Gasteiger partial charge >= 0.3 is 0 Å². The summed E-state index contributed by atoms with van der Waals surface area (Å²) in [7, 11) is 0. The van der Waals surface area contributed by atoms with Crippen LogP contribution in [0.15, 0.2) is 34.8 Å². The molecular weight excluding hydrogens is 331 g/mol. The Morgan fingerprint density at radius 2 is 1.90 bits per heavy atom. The Morgan fingerprint density at radius 3 is 2.65 bits per heavy atom. The van der Waals surface area contributed by atoms with E-state index in [0.29, 0.717) is 22.9 Å². The normalized spacial score (nSPS) is 17.1. The number of anilines is 1. The van der Waals surface area contributed by atoms with Crippen molar-refractivity contribution in [3.8, 4) is 0 Å². The van der Waals surface area contributed by atoms with Crippen LogP contribution in [0.1, 0.15) is 23.6 Å². The summed E-state index contributed by atoms with van der Waals surface area (Å²) in [6, 6.07) is 6.76. The topological polar surface area (TPSA) is 12.0 Å². The maximum Gasteiger partial charge on any atom is 0.150 e.